The van der Waals surface area contributed by atoms with E-state index >= 15 is 0 Å². The second-order valence-corrected chi connectivity index (χ2v) is 5.39. The van der Waals surface area contributed by atoms with Crippen molar-refractivity contribution in [3.8, 4) is 5.75 Å². The number of carbonyl (C=O) groups is 2. The highest BCUT2D eigenvalue weighted by Gasteiger charge is 2.30. The van der Waals surface area contributed by atoms with E-state index < -0.39 is 5.97 Å². The first kappa shape index (κ1) is 15.4. The molecule has 2 N–H and O–H groups in total. The Morgan fingerprint density at radius 1 is 1.29 bits per heavy atom. The quantitative estimate of drug-likeness (QED) is 0.844. The first-order chi connectivity index (χ1) is 10.1. The van der Waals surface area contributed by atoms with Gasteiger partial charge in [-0.05, 0) is 49.9 Å². The van der Waals surface area contributed by atoms with Crippen molar-refractivity contribution < 1.29 is 19.4 Å². The summed E-state index contributed by atoms with van der Waals surface area (Å²) < 4.78 is 5.47. The maximum absolute atomic E-state index is 12.1. The summed E-state index contributed by atoms with van der Waals surface area (Å²) in [6.07, 6.45) is 2.80. The normalized spacial score (nSPS) is 21.0. The monoisotopic (exact) mass is 291 g/mol. The Bertz CT molecular complexity index is 498. The van der Waals surface area contributed by atoms with Crippen molar-refractivity contribution >= 4 is 11.9 Å². The van der Waals surface area contributed by atoms with E-state index in [9.17, 15) is 9.59 Å². The average Bonchev–Trinajstić information content (AvgIpc) is 2.94. The molecule has 2 rings (SSSR count). The number of aliphatic carboxylic acids is 1. The van der Waals surface area contributed by atoms with Crippen LogP contribution in [-0.2, 0) is 4.79 Å². The first-order valence-corrected chi connectivity index (χ1v) is 7.36. The molecule has 1 amide bonds. The van der Waals surface area contributed by atoms with Gasteiger partial charge in [0.2, 0.25) is 0 Å². The number of rotatable bonds is 6. The summed E-state index contributed by atoms with van der Waals surface area (Å²) >= 11 is 0. The van der Waals surface area contributed by atoms with Crippen LogP contribution in [0.4, 0.5) is 0 Å². The van der Waals surface area contributed by atoms with Gasteiger partial charge < -0.3 is 15.2 Å². The van der Waals surface area contributed by atoms with Crippen molar-refractivity contribution in [1.29, 1.82) is 0 Å². The van der Waals surface area contributed by atoms with E-state index in [4.69, 9.17) is 9.84 Å². The van der Waals surface area contributed by atoms with Gasteiger partial charge in [0.05, 0.1) is 12.5 Å². The van der Waals surface area contributed by atoms with Crippen molar-refractivity contribution in [3.63, 3.8) is 0 Å². The maximum Gasteiger partial charge on any atom is 0.306 e. The van der Waals surface area contributed by atoms with E-state index in [2.05, 4.69) is 5.32 Å². The second kappa shape index (κ2) is 7.11. The molecular formula is C16H21NO4. The van der Waals surface area contributed by atoms with Gasteiger partial charge in [-0.15, -0.1) is 0 Å². The fourth-order valence-electron chi connectivity index (χ4n) is 2.53. The van der Waals surface area contributed by atoms with Crippen LogP contribution in [0.2, 0.25) is 0 Å². The molecule has 114 valence electrons. The van der Waals surface area contributed by atoms with Gasteiger partial charge in [-0.2, -0.15) is 0 Å². The van der Waals surface area contributed by atoms with E-state index in [1.54, 1.807) is 24.3 Å². The van der Waals surface area contributed by atoms with Crippen LogP contribution in [0.15, 0.2) is 24.3 Å². The van der Waals surface area contributed by atoms with Crippen LogP contribution >= 0.6 is 0 Å². The molecule has 5 heteroatoms. The summed E-state index contributed by atoms with van der Waals surface area (Å²) in [4.78, 5) is 23.0. The molecule has 0 heterocycles. The van der Waals surface area contributed by atoms with Crippen LogP contribution < -0.4 is 10.1 Å². The Labute approximate surface area is 124 Å². The van der Waals surface area contributed by atoms with Gasteiger partial charge in [-0.25, -0.2) is 0 Å². The molecule has 21 heavy (non-hydrogen) atoms. The molecule has 5 nitrogen and oxygen atoms in total. The second-order valence-electron chi connectivity index (χ2n) is 5.39. The molecule has 0 bridgehead atoms. The zero-order chi connectivity index (χ0) is 15.2. The third kappa shape index (κ3) is 4.21. The summed E-state index contributed by atoms with van der Waals surface area (Å²) in [6, 6.07) is 6.96. The van der Waals surface area contributed by atoms with E-state index in [1.807, 2.05) is 6.92 Å². The van der Waals surface area contributed by atoms with Gasteiger partial charge in [0.15, 0.2) is 0 Å². The average molecular weight is 291 g/mol. The highest BCUT2D eigenvalue weighted by Crippen LogP contribution is 2.26. The zero-order valence-electron chi connectivity index (χ0n) is 12.2. The summed E-state index contributed by atoms with van der Waals surface area (Å²) in [7, 11) is 0. The molecule has 2 atom stereocenters. The number of hydrogen-bond acceptors (Lipinski definition) is 3. The van der Waals surface area contributed by atoms with Gasteiger partial charge in [0, 0.05) is 11.6 Å². The van der Waals surface area contributed by atoms with Crippen molar-refractivity contribution in [2.24, 2.45) is 5.92 Å². The molecule has 2 unspecified atom stereocenters. The van der Waals surface area contributed by atoms with Crippen LogP contribution in [0, 0.1) is 5.92 Å². The van der Waals surface area contributed by atoms with Crippen molar-refractivity contribution in [3.05, 3.63) is 29.8 Å². The van der Waals surface area contributed by atoms with E-state index in [1.165, 1.54) is 0 Å². The van der Waals surface area contributed by atoms with Crippen molar-refractivity contribution in [1.82, 2.24) is 5.32 Å². The highest BCUT2D eigenvalue weighted by molar-refractivity contribution is 5.94. The number of benzene rings is 1. The fourth-order valence-corrected chi connectivity index (χ4v) is 2.53. The van der Waals surface area contributed by atoms with Gasteiger partial charge in [0.1, 0.15) is 5.75 Å². The van der Waals surface area contributed by atoms with E-state index in [-0.39, 0.29) is 17.9 Å². The lowest BCUT2D eigenvalue weighted by molar-refractivity contribution is -0.141. The van der Waals surface area contributed by atoms with Crippen molar-refractivity contribution in [2.75, 3.05) is 6.61 Å². The number of carboxylic acids is 1. The van der Waals surface area contributed by atoms with Crippen molar-refractivity contribution in [2.45, 2.75) is 38.6 Å². The topological polar surface area (TPSA) is 75.6 Å². The number of carboxylic acid groups (broad SMARTS) is 1. The number of hydrogen-bond donors (Lipinski definition) is 2. The van der Waals surface area contributed by atoms with Crippen LogP contribution in [0.1, 0.15) is 43.0 Å². The number of amides is 1. The predicted molar refractivity (Wildman–Crippen MR) is 78.5 cm³/mol. The number of ether oxygens (including phenoxy) is 1. The Balaban J connectivity index is 1.87. The minimum Gasteiger partial charge on any atom is -0.494 e. The third-order valence-electron chi connectivity index (χ3n) is 3.71. The smallest absolute Gasteiger partial charge is 0.306 e. The molecule has 0 radical (unpaired) electrons. The number of carbonyl (C=O) groups excluding carboxylic acids is 1. The lowest BCUT2D eigenvalue weighted by Gasteiger charge is -2.12. The SMILES string of the molecule is CCCOc1ccc(C(=O)NC2CCC(C(=O)O)C2)cc1. The van der Waals surface area contributed by atoms with E-state index in [0.29, 0.717) is 25.0 Å². The van der Waals surface area contributed by atoms with Crippen LogP contribution in [0.5, 0.6) is 5.75 Å². The maximum atomic E-state index is 12.1. The molecule has 1 saturated carbocycles. The molecule has 1 aromatic carbocycles. The lowest BCUT2D eigenvalue weighted by Crippen LogP contribution is -2.33. The molecule has 1 aromatic rings. The first-order valence-electron chi connectivity index (χ1n) is 7.36. The molecule has 1 aliphatic carbocycles. The molecular weight excluding hydrogens is 270 g/mol. The summed E-state index contributed by atoms with van der Waals surface area (Å²) in [5.41, 5.74) is 0.567. The van der Waals surface area contributed by atoms with Gasteiger partial charge in [0.25, 0.3) is 5.91 Å². The molecule has 0 spiro atoms. The number of nitrogens with one attached hydrogen (secondary N) is 1. The van der Waals surface area contributed by atoms with Crippen LogP contribution in [-0.4, -0.2) is 29.6 Å². The molecule has 0 aromatic heterocycles. The Morgan fingerprint density at radius 2 is 2.00 bits per heavy atom. The van der Waals surface area contributed by atoms with Gasteiger partial charge >= 0.3 is 5.97 Å². The fraction of sp³-hybridized carbons (Fsp3) is 0.500. The third-order valence-corrected chi connectivity index (χ3v) is 3.71. The van der Waals surface area contributed by atoms with Gasteiger partial charge in [-0.1, -0.05) is 6.92 Å². The summed E-state index contributed by atoms with van der Waals surface area (Å²) in [5.74, 6) is -0.516. The summed E-state index contributed by atoms with van der Waals surface area (Å²) in [6.45, 7) is 2.69. The Morgan fingerprint density at radius 3 is 2.57 bits per heavy atom. The largest absolute Gasteiger partial charge is 0.494 e. The standard InChI is InChI=1S/C16H21NO4/c1-2-9-21-14-7-4-11(5-8-14)15(18)17-13-6-3-12(10-13)16(19)20/h4-5,7-8,12-13H,2-3,6,9-10H2,1H3,(H,17,18)(H,19,20). The zero-order valence-corrected chi connectivity index (χ0v) is 12.2. The summed E-state index contributed by atoms with van der Waals surface area (Å²) in [5, 5.41) is 11.9. The Hall–Kier alpha value is -2.04. The van der Waals surface area contributed by atoms with Crippen LogP contribution in [0.3, 0.4) is 0 Å². The molecule has 1 fully saturated rings. The lowest BCUT2D eigenvalue weighted by atomic mass is 10.1. The predicted octanol–water partition coefficient (Wildman–Crippen LogP) is 2.46. The minimum absolute atomic E-state index is 0.0467. The van der Waals surface area contributed by atoms with Crippen LogP contribution in [0.25, 0.3) is 0 Å². The highest BCUT2D eigenvalue weighted by atomic mass is 16.5. The van der Waals surface area contributed by atoms with Gasteiger partial charge in [-0.3, -0.25) is 9.59 Å². The van der Waals surface area contributed by atoms with E-state index in [0.717, 1.165) is 18.6 Å². The Kier molecular flexibility index (Phi) is 5.20. The minimum atomic E-state index is -0.774. The molecule has 1 aliphatic rings. The molecule has 0 saturated heterocycles. The molecule has 0 aliphatic heterocycles.